The Morgan fingerprint density at radius 3 is 2.56 bits per heavy atom. The van der Waals surface area contributed by atoms with Gasteiger partial charge in [-0.25, -0.2) is 0 Å². The van der Waals surface area contributed by atoms with Gasteiger partial charge in [0.2, 0.25) is 0 Å². The highest BCUT2D eigenvalue weighted by atomic mass is 16.5. The number of likely N-dealkylation sites (N-methyl/N-ethyl adjacent to an activating group) is 1. The van der Waals surface area contributed by atoms with Gasteiger partial charge in [-0.3, -0.25) is 4.79 Å². The van der Waals surface area contributed by atoms with Crippen LogP contribution in [0.25, 0.3) is 0 Å². The lowest BCUT2D eigenvalue weighted by Crippen LogP contribution is -2.32. The highest BCUT2D eigenvalue weighted by Crippen LogP contribution is 2.03. The van der Waals surface area contributed by atoms with Crippen LogP contribution in [0.4, 0.5) is 0 Å². The van der Waals surface area contributed by atoms with E-state index in [1.54, 1.807) is 6.92 Å². The van der Waals surface area contributed by atoms with Gasteiger partial charge < -0.3 is 14.7 Å². The van der Waals surface area contributed by atoms with Gasteiger partial charge in [-0.2, -0.15) is 0 Å². The topological polar surface area (TPSA) is 49.8 Å². The highest BCUT2D eigenvalue weighted by Gasteiger charge is 2.13. The average Bonchev–Trinajstić information content (AvgIpc) is 2.14. The van der Waals surface area contributed by atoms with Crippen molar-refractivity contribution in [2.75, 3.05) is 26.7 Å². The third-order valence-corrected chi connectivity index (χ3v) is 2.32. The van der Waals surface area contributed by atoms with Crippen LogP contribution in [0.15, 0.2) is 0 Å². The van der Waals surface area contributed by atoms with E-state index in [2.05, 4.69) is 13.8 Å². The van der Waals surface area contributed by atoms with Crippen LogP contribution in [-0.2, 0) is 9.53 Å². The Morgan fingerprint density at radius 2 is 2.06 bits per heavy atom. The fourth-order valence-electron chi connectivity index (χ4n) is 1.41. The third kappa shape index (κ3) is 8.68. The number of aliphatic hydroxyl groups excluding tert-OH is 1. The number of rotatable bonds is 8. The van der Waals surface area contributed by atoms with E-state index in [0.29, 0.717) is 19.1 Å². The molecule has 0 rings (SSSR count). The van der Waals surface area contributed by atoms with Crippen molar-refractivity contribution in [3.63, 3.8) is 0 Å². The van der Waals surface area contributed by atoms with Gasteiger partial charge in [0.25, 0.3) is 0 Å². The van der Waals surface area contributed by atoms with Crippen molar-refractivity contribution >= 4 is 5.97 Å². The Labute approximate surface area is 98.6 Å². The number of ether oxygens (including phenoxy) is 1. The second kappa shape index (κ2) is 8.53. The molecule has 4 heteroatoms. The van der Waals surface area contributed by atoms with Crippen LogP contribution in [0.1, 0.15) is 33.6 Å². The second-order valence-electron chi connectivity index (χ2n) is 4.61. The predicted molar refractivity (Wildman–Crippen MR) is 64.2 cm³/mol. The van der Waals surface area contributed by atoms with Crippen LogP contribution in [0.5, 0.6) is 0 Å². The molecule has 0 aromatic rings. The summed E-state index contributed by atoms with van der Waals surface area (Å²) < 4.78 is 4.77. The van der Waals surface area contributed by atoms with Gasteiger partial charge >= 0.3 is 5.97 Å². The number of esters is 1. The first-order chi connectivity index (χ1) is 7.45. The van der Waals surface area contributed by atoms with Gasteiger partial charge in [0.1, 0.15) is 0 Å². The lowest BCUT2D eigenvalue weighted by Gasteiger charge is -2.20. The maximum Gasteiger partial charge on any atom is 0.308 e. The molecule has 1 unspecified atom stereocenters. The first-order valence-corrected chi connectivity index (χ1v) is 5.97. The molecule has 0 aromatic heterocycles. The smallest absolute Gasteiger partial charge is 0.308 e. The lowest BCUT2D eigenvalue weighted by atomic mass is 10.1. The zero-order chi connectivity index (χ0) is 12.6. The molecule has 96 valence electrons. The summed E-state index contributed by atoms with van der Waals surface area (Å²) in [6.07, 6.45) is 0.555. The number of hydrogen-bond acceptors (Lipinski definition) is 4. The summed E-state index contributed by atoms with van der Waals surface area (Å²) in [6.45, 7) is 7.93. The number of hydrogen-bond donors (Lipinski definition) is 1. The fourth-order valence-corrected chi connectivity index (χ4v) is 1.41. The van der Waals surface area contributed by atoms with Crippen LogP contribution in [-0.4, -0.2) is 48.8 Å². The number of aliphatic hydroxyl groups is 1. The summed E-state index contributed by atoms with van der Waals surface area (Å²) in [5.41, 5.74) is 0. The Kier molecular flexibility index (Phi) is 8.21. The minimum atomic E-state index is -0.629. The normalized spacial score (nSPS) is 13.2. The van der Waals surface area contributed by atoms with Crippen molar-refractivity contribution in [1.82, 2.24) is 4.90 Å². The Balaban J connectivity index is 3.68. The second-order valence-corrected chi connectivity index (χ2v) is 4.61. The number of nitrogens with zero attached hydrogens (tertiary/aromatic N) is 1. The molecule has 0 saturated carbocycles. The average molecular weight is 231 g/mol. The maximum absolute atomic E-state index is 11.1. The van der Waals surface area contributed by atoms with Crippen LogP contribution in [0, 0.1) is 5.92 Å². The van der Waals surface area contributed by atoms with Crippen LogP contribution < -0.4 is 0 Å². The van der Waals surface area contributed by atoms with Crippen molar-refractivity contribution < 1.29 is 14.6 Å². The molecule has 0 fully saturated rings. The highest BCUT2D eigenvalue weighted by molar-refractivity contribution is 5.69. The molecule has 1 atom stereocenters. The Hall–Kier alpha value is -0.610. The molecule has 0 heterocycles. The predicted octanol–water partition coefficient (Wildman–Crippen LogP) is 1.28. The van der Waals surface area contributed by atoms with E-state index in [4.69, 9.17) is 4.74 Å². The largest absolute Gasteiger partial charge is 0.466 e. The molecular weight excluding hydrogens is 206 g/mol. The third-order valence-electron chi connectivity index (χ3n) is 2.32. The van der Waals surface area contributed by atoms with Gasteiger partial charge in [0.05, 0.1) is 19.1 Å². The van der Waals surface area contributed by atoms with Crippen molar-refractivity contribution in [3.05, 3.63) is 0 Å². The quantitative estimate of drug-likeness (QED) is 0.639. The summed E-state index contributed by atoms with van der Waals surface area (Å²) in [6, 6.07) is 0. The maximum atomic E-state index is 11.1. The molecule has 0 aromatic carbocycles. The van der Waals surface area contributed by atoms with Crippen LogP contribution in [0.2, 0.25) is 0 Å². The zero-order valence-electron chi connectivity index (χ0n) is 10.9. The fraction of sp³-hybridized carbons (Fsp3) is 0.917. The van der Waals surface area contributed by atoms with E-state index >= 15 is 0 Å². The zero-order valence-corrected chi connectivity index (χ0v) is 10.9. The molecular formula is C12H25NO3. The minimum Gasteiger partial charge on any atom is -0.466 e. The molecule has 0 bridgehead atoms. The van der Waals surface area contributed by atoms with Crippen molar-refractivity contribution in [1.29, 1.82) is 0 Å². The lowest BCUT2D eigenvalue weighted by molar-refractivity contribution is -0.145. The molecule has 0 spiro atoms. The molecule has 4 nitrogen and oxygen atoms in total. The monoisotopic (exact) mass is 231 g/mol. The van der Waals surface area contributed by atoms with Crippen LogP contribution >= 0.6 is 0 Å². The molecule has 0 aliphatic carbocycles. The summed E-state index contributed by atoms with van der Waals surface area (Å²) in [4.78, 5) is 13.1. The first kappa shape index (κ1) is 15.4. The van der Waals surface area contributed by atoms with E-state index in [9.17, 15) is 9.90 Å². The Bertz CT molecular complexity index is 195. The van der Waals surface area contributed by atoms with Gasteiger partial charge in [-0.15, -0.1) is 0 Å². The molecule has 16 heavy (non-hydrogen) atoms. The van der Waals surface area contributed by atoms with Crippen LogP contribution in [0.3, 0.4) is 0 Å². The first-order valence-electron chi connectivity index (χ1n) is 5.97. The van der Waals surface area contributed by atoms with Gasteiger partial charge in [-0.1, -0.05) is 13.8 Å². The number of carbonyl (C=O) groups is 1. The molecule has 1 N–H and O–H groups in total. The van der Waals surface area contributed by atoms with E-state index < -0.39 is 6.10 Å². The van der Waals surface area contributed by atoms with Gasteiger partial charge in [0, 0.05) is 6.54 Å². The number of carbonyl (C=O) groups excluding carboxylic acids is 1. The molecule has 0 radical (unpaired) electrons. The van der Waals surface area contributed by atoms with Gasteiger partial charge in [-0.05, 0) is 32.9 Å². The van der Waals surface area contributed by atoms with E-state index in [1.807, 2.05) is 11.9 Å². The molecule has 0 saturated heterocycles. The van der Waals surface area contributed by atoms with E-state index in [-0.39, 0.29) is 12.4 Å². The van der Waals surface area contributed by atoms with Crippen molar-refractivity contribution in [2.45, 2.75) is 39.7 Å². The van der Waals surface area contributed by atoms with E-state index in [0.717, 1.165) is 13.0 Å². The van der Waals surface area contributed by atoms with Gasteiger partial charge in [0.15, 0.2) is 0 Å². The van der Waals surface area contributed by atoms with Crippen molar-refractivity contribution in [2.24, 2.45) is 5.92 Å². The summed E-state index contributed by atoms with van der Waals surface area (Å²) >= 11 is 0. The van der Waals surface area contributed by atoms with E-state index in [1.165, 1.54) is 0 Å². The molecule has 0 aliphatic rings. The SMILES string of the molecule is CCOC(=O)CC(O)CN(C)CCC(C)C. The summed E-state index contributed by atoms with van der Waals surface area (Å²) in [5.74, 6) is 0.330. The Morgan fingerprint density at radius 1 is 1.44 bits per heavy atom. The standard InChI is InChI=1S/C12H25NO3/c1-5-16-12(15)8-11(14)9-13(4)7-6-10(2)3/h10-11,14H,5-9H2,1-4H3. The minimum absolute atomic E-state index is 0.0832. The molecule has 0 aliphatic heterocycles. The summed E-state index contributed by atoms with van der Waals surface area (Å²) in [7, 11) is 1.96. The molecule has 0 amide bonds. The van der Waals surface area contributed by atoms with Crippen molar-refractivity contribution in [3.8, 4) is 0 Å². The summed E-state index contributed by atoms with van der Waals surface area (Å²) in [5, 5.41) is 9.64.